The van der Waals surface area contributed by atoms with Crippen molar-refractivity contribution in [3.8, 4) is 0 Å². The van der Waals surface area contributed by atoms with Gasteiger partial charge in [-0.05, 0) is 0 Å². The van der Waals surface area contributed by atoms with Gasteiger partial charge < -0.3 is 0 Å². The maximum Gasteiger partial charge on any atom is 0.460 e. The zero-order valence-electron chi connectivity index (χ0n) is 10.0. The number of halogens is 16. The molecule has 0 aliphatic rings. The van der Waals surface area contributed by atoms with Crippen molar-refractivity contribution in [1.29, 1.82) is 0 Å². The zero-order chi connectivity index (χ0) is 20.3. The minimum absolute atomic E-state index is 3.68. The zero-order valence-corrected chi connectivity index (χ0v) is 10.0. The Morgan fingerprint density at radius 1 is 0.417 bits per heavy atom. The average Bonchev–Trinajstić information content (AvgIpc) is 2.32. The van der Waals surface area contributed by atoms with Crippen LogP contribution in [-0.2, 0) is 0 Å². The van der Waals surface area contributed by atoms with Gasteiger partial charge in [0.25, 0.3) is 0 Å². The van der Waals surface area contributed by atoms with E-state index >= 15 is 0 Å². The Bertz CT molecular complexity index is 456. The van der Waals surface area contributed by atoms with Crippen molar-refractivity contribution < 1.29 is 70.2 Å². The fraction of sp³-hybridized carbons (Fsp3) is 0.500. The highest BCUT2D eigenvalue weighted by Gasteiger charge is 2.62. The average molecular weight is 400 g/mol. The summed E-state index contributed by atoms with van der Waals surface area (Å²) in [6, 6.07) is 0. The highest BCUT2D eigenvalue weighted by atomic mass is 19.4. The van der Waals surface area contributed by atoms with Gasteiger partial charge in [0.15, 0.2) is 0 Å². The Morgan fingerprint density at radius 3 is 0.750 bits per heavy atom. The van der Waals surface area contributed by atoms with Gasteiger partial charge in [0.1, 0.15) is 0 Å². The van der Waals surface area contributed by atoms with E-state index in [1.807, 2.05) is 0 Å². The second-order valence-corrected chi connectivity index (χ2v) is 3.27. The Balaban J connectivity index is 0. The summed E-state index contributed by atoms with van der Waals surface area (Å²) in [4.78, 5) is 0. The van der Waals surface area contributed by atoms with Crippen LogP contribution in [0.4, 0.5) is 70.2 Å². The van der Waals surface area contributed by atoms with Crippen LogP contribution in [-0.4, -0.2) is 24.5 Å². The summed E-state index contributed by atoms with van der Waals surface area (Å²) >= 11 is 0. The van der Waals surface area contributed by atoms with E-state index in [1.54, 1.807) is 0 Å². The third kappa shape index (κ3) is 6.86. The first-order valence-electron chi connectivity index (χ1n) is 4.52. The van der Waals surface area contributed by atoms with Gasteiger partial charge in [-0.1, -0.05) is 0 Å². The molecular weight excluding hydrogens is 400 g/mol. The largest absolute Gasteiger partial charge is 0.460 e. The molecule has 0 N–H and O–H groups in total. The first-order chi connectivity index (χ1) is 10.2. The molecule has 0 aliphatic carbocycles. The van der Waals surface area contributed by atoms with Gasteiger partial charge in [-0.25, -0.2) is 0 Å². The predicted octanol–water partition coefficient (Wildman–Crippen LogP) is 6.52. The van der Waals surface area contributed by atoms with Gasteiger partial charge in [-0.2, -0.15) is 70.2 Å². The molecular formula is C8F16. The van der Waals surface area contributed by atoms with Crippen molar-refractivity contribution in [1.82, 2.24) is 0 Å². The topological polar surface area (TPSA) is 0 Å². The van der Waals surface area contributed by atoms with E-state index in [0.717, 1.165) is 0 Å². The number of rotatable bonds is 1. The first-order valence-corrected chi connectivity index (χ1v) is 4.52. The molecule has 0 bridgehead atoms. The van der Waals surface area contributed by atoms with Crippen molar-refractivity contribution in [2.24, 2.45) is 0 Å². The molecule has 0 nitrogen and oxygen atoms in total. The summed E-state index contributed by atoms with van der Waals surface area (Å²) in [6.45, 7) is 0. The molecule has 16 heteroatoms. The normalized spacial score (nSPS) is 14.5. The number of hydrogen-bond donors (Lipinski definition) is 0. The lowest BCUT2D eigenvalue weighted by molar-refractivity contribution is -0.271. The quantitative estimate of drug-likeness (QED) is 0.440. The SMILES string of the molecule is FC(=C(F)C(F)(F)F)C(F)(F)F.FC(F)=C(F)C(F)(F)C(F)(F)F. The third-order valence-electron chi connectivity index (χ3n) is 1.49. The van der Waals surface area contributed by atoms with Crippen LogP contribution >= 0.6 is 0 Å². The Morgan fingerprint density at radius 2 is 0.667 bits per heavy atom. The predicted molar refractivity (Wildman–Crippen MR) is 42.7 cm³/mol. The molecule has 0 radical (unpaired) electrons. The first kappa shape index (κ1) is 24.6. The van der Waals surface area contributed by atoms with E-state index in [2.05, 4.69) is 0 Å². The van der Waals surface area contributed by atoms with Crippen LogP contribution < -0.4 is 0 Å². The molecule has 0 amide bonds. The Labute approximate surface area is 120 Å². The van der Waals surface area contributed by atoms with E-state index < -0.39 is 48.0 Å². The minimum atomic E-state index is -6.35. The number of alkyl halides is 11. The van der Waals surface area contributed by atoms with Crippen molar-refractivity contribution in [3.63, 3.8) is 0 Å². The van der Waals surface area contributed by atoms with Gasteiger partial charge in [0, 0.05) is 0 Å². The van der Waals surface area contributed by atoms with Crippen LogP contribution in [0.25, 0.3) is 0 Å². The lowest BCUT2D eigenvalue weighted by Crippen LogP contribution is -2.37. The third-order valence-corrected chi connectivity index (χ3v) is 1.49. The number of hydrogen-bond acceptors (Lipinski definition) is 0. The van der Waals surface area contributed by atoms with Crippen molar-refractivity contribution >= 4 is 0 Å². The van der Waals surface area contributed by atoms with Crippen LogP contribution in [0.15, 0.2) is 23.6 Å². The molecule has 0 saturated carbocycles. The van der Waals surface area contributed by atoms with E-state index in [-0.39, 0.29) is 0 Å². The van der Waals surface area contributed by atoms with Gasteiger partial charge in [-0.3, -0.25) is 0 Å². The fourth-order valence-corrected chi connectivity index (χ4v) is 0.492. The summed E-state index contributed by atoms with van der Waals surface area (Å²) in [6.07, 6.45) is -21.9. The van der Waals surface area contributed by atoms with Crippen LogP contribution in [0, 0.1) is 0 Å². The van der Waals surface area contributed by atoms with Gasteiger partial charge in [0.05, 0.1) is 0 Å². The lowest BCUT2D eigenvalue weighted by atomic mass is 10.3. The molecule has 0 spiro atoms. The molecule has 0 aromatic heterocycles. The number of allylic oxidation sites excluding steroid dienone is 3. The van der Waals surface area contributed by atoms with E-state index in [9.17, 15) is 70.2 Å². The van der Waals surface area contributed by atoms with Crippen LogP contribution in [0.5, 0.6) is 0 Å². The van der Waals surface area contributed by atoms with E-state index in [4.69, 9.17) is 0 Å². The molecule has 24 heavy (non-hydrogen) atoms. The highest BCUT2D eigenvalue weighted by Crippen LogP contribution is 2.43. The van der Waals surface area contributed by atoms with E-state index in [1.165, 1.54) is 0 Å². The summed E-state index contributed by atoms with van der Waals surface area (Å²) in [5.41, 5.74) is 0. The standard InChI is InChI=1S/2C4F8/c5-1(2(6)7)3(8,9)4(10,11)12;5-1(3(7,8)9)2(6)4(10,11)12. The second kappa shape index (κ2) is 7.50. The second-order valence-electron chi connectivity index (χ2n) is 3.27. The highest BCUT2D eigenvalue weighted by molar-refractivity contribution is 5.10. The summed E-state index contributed by atoms with van der Waals surface area (Å²) in [7, 11) is 0. The molecule has 0 aromatic carbocycles. The van der Waals surface area contributed by atoms with Gasteiger partial charge in [-0.15, -0.1) is 0 Å². The summed E-state index contributed by atoms with van der Waals surface area (Å²) in [5, 5.41) is 0. The molecule has 0 unspecified atom stereocenters. The van der Waals surface area contributed by atoms with Crippen LogP contribution in [0.3, 0.4) is 0 Å². The molecule has 144 valence electrons. The summed E-state index contributed by atoms with van der Waals surface area (Å²) < 4.78 is 179. The van der Waals surface area contributed by atoms with Crippen LogP contribution in [0.2, 0.25) is 0 Å². The molecule has 0 aromatic rings. The van der Waals surface area contributed by atoms with Gasteiger partial charge >= 0.3 is 30.5 Å². The maximum absolute atomic E-state index is 11.5. The molecule has 0 aliphatic heterocycles. The maximum atomic E-state index is 11.5. The van der Waals surface area contributed by atoms with Crippen molar-refractivity contribution in [2.45, 2.75) is 24.5 Å². The Kier molecular flexibility index (Phi) is 7.69. The lowest BCUT2D eigenvalue weighted by Gasteiger charge is -2.16. The van der Waals surface area contributed by atoms with E-state index in [0.29, 0.717) is 0 Å². The molecule has 0 rings (SSSR count). The van der Waals surface area contributed by atoms with Crippen molar-refractivity contribution in [3.05, 3.63) is 23.6 Å². The molecule has 0 saturated heterocycles. The molecule has 0 atom stereocenters. The van der Waals surface area contributed by atoms with Gasteiger partial charge in [0.2, 0.25) is 17.5 Å². The van der Waals surface area contributed by atoms with Crippen molar-refractivity contribution in [2.75, 3.05) is 0 Å². The van der Waals surface area contributed by atoms with Crippen LogP contribution in [0.1, 0.15) is 0 Å². The molecule has 0 heterocycles. The fourth-order valence-electron chi connectivity index (χ4n) is 0.492. The Hall–Kier alpha value is -1.64. The monoisotopic (exact) mass is 400 g/mol. The minimum Gasteiger partial charge on any atom is -0.199 e. The smallest absolute Gasteiger partial charge is 0.199 e. The summed E-state index contributed by atoms with van der Waals surface area (Å²) in [5.74, 6) is -17.4. The molecule has 0 fully saturated rings.